The molecule has 0 amide bonds. The Hall–Kier alpha value is -2.76. The zero-order valence-corrected chi connectivity index (χ0v) is 14.2. The standard InChI is InChI=1S/C18H21N5O/c1-4-12-13(18(24)23-22-14(12)5-2)9-19-17-16-11(3)7-6-8-15(16)20-10-21-17/h6-8,10H,4-5,9H2,1-3H3,(H,23,24)(H,19,20,21). The van der Waals surface area contributed by atoms with Crippen LogP contribution in [0.5, 0.6) is 0 Å². The number of nitrogens with zero attached hydrogens (tertiary/aromatic N) is 3. The Morgan fingerprint density at radius 1 is 1.12 bits per heavy atom. The Morgan fingerprint density at radius 3 is 2.71 bits per heavy atom. The number of H-pyrrole nitrogens is 1. The summed E-state index contributed by atoms with van der Waals surface area (Å²) in [7, 11) is 0. The van der Waals surface area contributed by atoms with Crippen molar-refractivity contribution in [2.24, 2.45) is 0 Å². The van der Waals surface area contributed by atoms with Gasteiger partial charge in [-0.15, -0.1) is 0 Å². The molecule has 0 aliphatic rings. The van der Waals surface area contributed by atoms with Gasteiger partial charge in [0.05, 0.1) is 11.2 Å². The summed E-state index contributed by atoms with van der Waals surface area (Å²) in [6.07, 6.45) is 3.11. The van der Waals surface area contributed by atoms with Crippen LogP contribution in [0.4, 0.5) is 5.82 Å². The van der Waals surface area contributed by atoms with Crippen molar-refractivity contribution in [3.8, 4) is 0 Å². The van der Waals surface area contributed by atoms with Crippen molar-refractivity contribution >= 4 is 16.7 Å². The van der Waals surface area contributed by atoms with E-state index >= 15 is 0 Å². The fourth-order valence-electron chi connectivity index (χ4n) is 3.05. The monoisotopic (exact) mass is 323 g/mol. The Morgan fingerprint density at radius 2 is 1.96 bits per heavy atom. The number of hydrogen-bond donors (Lipinski definition) is 2. The molecule has 1 aromatic carbocycles. The van der Waals surface area contributed by atoms with Crippen molar-refractivity contribution in [2.45, 2.75) is 40.2 Å². The molecule has 0 bridgehead atoms. The SMILES string of the molecule is CCc1n[nH]c(=O)c(CNc2ncnc3cccc(C)c23)c1CC. The van der Waals surface area contributed by atoms with Crippen LogP contribution in [0.1, 0.15) is 36.2 Å². The second-order valence-corrected chi connectivity index (χ2v) is 5.71. The number of benzene rings is 1. The lowest BCUT2D eigenvalue weighted by molar-refractivity contribution is 0.826. The second kappa shape index (κ2) is 6.78. The first-order valence-electron chi connectivity index (χ1n) is 8.19. The lowest BCUT2D eigenvalue weighted by atomic mass is 10.0. The molecule has 2 heterocycles. The molecule has 0 spiro atoms. The fraction of sp³-hybridized carbons (Fsp3) is 0.333. The molecular formula is C18H21N5O. The summed E-state index contributed by atoms with van der Waals surface area (Å²) in [5.41, 5.74) is 4.53. The van der Waals surface area contributed by atoms with Crippen molar-refractivity contribution < 1.29 is 0 Å². The summed E-state index contributed by atoms with van der Waals surface area (Å²) < 4.78 is 0. The van der Waals surface area contributed by atoms with E-state index in [0.717, 1.165) is 51.9 Å². The zero-order chi connectivity index (χ0) is 17.1. The van der Waals surface area contributed by atoms with Gasteiger partial charge in [-0.1, -0.05) is 26.0 Å². The molecule has 2 N–H and O–H groups in total. The molecule has 0 aliphatic carbocycles. The van der Waals surface area contributed by atoms with E-state index in [4.69, 9.17) is 0 Å². The maximum atomic E-state index is 12.2. The lowest BCUT2D eigenvalue weighted by Gasteiger charge is -2.13. The van der Waals surface area contributed by atoms with Gasteiger partial charge < -0.3 is 5.32 Å². The van der Waals surface area contributed by atoms with Gasteiger partial charge in [-0.3, -0.25) is 4.79 Å². The highest BCUT2D eigenvalue weighted by atomic mass is 16.1. The van der Waals surface area contributed by atoms with E-state index in [1.807, 2.05) is 39.0 Å². The molecule has 0 saturated heterocycles. The first-order valence-corrected chi connectivity index (χ1v) is 8.19. The van der Waals surface area contributed by atoms with E-state index in [2.05, 4.69) is 25.5 Å². The molecule has 0 unspecified atom stereocenters. The Balaban J connectivity index is 2.00. The number of hydrogen-bond acceptors (Lipinski definition) is 5. The van der Waals surface area contributed by atoms with Crippen molar-refractivity contribution in [1.29, 1.82) is 0 Å². The minimum atomic E-state index is -0.147. The quantitative estimate of drug-likeness (QED) is 0.754. The van der Waals surface area contributed by atoms with Crippen molar-refractivity contribution in [3.63, 3.8) is 0 Å². The molecule has 124 valence electrons. The van der Waals surface area contributed by atoms with Gasteiger partial charge in [0.1, 0.15) is 12.1 Å². The highest BCUT2D eigenvalue weighted by Crippen LogP contribution is 2.23. The number of rotatable bonds is 5. The van der Waals surface area contributed by atoms with Crippen LogP contribution in [0.15, 0.2) is 29.3 Å². The lowest BCUT2D eigenvalue weighted by Crippen LogP contribution is -2.22. The fourth-order valence-corrected chi connectivity index (χ4v) is 3.05. The van der Waals surface area contributed by atoms with E-state index in [0.29, 0.717) is 6.54 Å². The molecule has 0 radical (unpaired) electrons. The van der Waals surface area contributed by atoms with Crippen LogP contribution >= 0.6 is 0 Å². The highest BCUT2D eigenvalue weighted by Gasteiger charge is 2.13. The third-order valence-electron chi connectivity index (χ3n) is 4.27. The Bertz CT molecular complexity index is 927. The highest BCUT2D eigenvalue weighted by molar-refractivity contribution is 5.91. The van der Waals surface area contributed by atoms with Crippen LogP contribution in [-0.4, -0.2) is 20.2 Å². The van der Waals surface area contributed by atoms with Crippen molar-refractivity contribution in [1.82, 2.24) is 20.2 Å². The van der Waals surface area contributed by atoms with Gasteiger partial charge in [-0.25, -0.2) is 15.1 Å². The summed E-state index contributed by atoms with van der Waals surface area (Å²) in [5, 5.41) is 11.1. The molecule has 0 fully saturated rings. The molecule has 6 heteroatoms. The van der Waals surface area contributed by atoms with Gasteiger partial charge in [-0.05, 0) is 37.0 Å². The minimum Gasteiger partial charge on any atom is -0.365 e. The third kappa shape index (κ3) is 2.87. The second-order valence-electron chi connectivity index (χ2n) is 5.71. The average molecular weight is 323 g/mol. The van der Waals surface area contributed by atoms with Gasteiger partial charge in [0.2, 0.25) is 0 Å². The normalized spacial score (nSPS) is 11.0. The minimum absolute atomic E-state index is 0.147. The van der Waals surface area contributed by atoms with Crippen LogP contribution in [0.25, 0.3) is 10.9 Å². The van der Waals surface area contributed by atoms with E-state index in [1.54, 1.807) is 6.33 Å². The molecule has 6 nitrogen and oxygen atoms in total. The van der Waals surface area contributed by atoms with Gasteiger partial charge >= 0.3 is 0 Å². The number of aryl methyl sites for hydroxylation is 2. The van der Waals surface area contributed by atoms with Crippen LogP contribution in [-0.2, 0) is 19.4 Å². The summed E-state index contributed by atoms with van der Waals surface area (Å²) >= 11 is 0. The van der Waals surface area contributed by atoms with E-state index in [-0.39, 0.29) is 5.56 Å². The molecule has 24 heavy (non-hydrogen) atoms. The van der Waals surface area contributed by atoms with E-state index < -0.39 is 0 Å². The molecule has 3 aromatic rings. The third-order valence-corrected chi connectivity index (χ3v) is 4.27. The Labute approximate surface area is 140 Å². The number of aromatic nitrogens is 4. The maximum absolute atomic E-state index is 12.2. The van der Waals surface area contributed by atoms with Gasteiger partial charge in [0.25, 0.3) is 5.56 Å². The molecule has 0 aliphatic heterocycles. The van der Waals surface area contributed by atoms with Crippen LogP contribution in [0.3, 0.4) is 0 Å². The molecule has 0 saturated carbocycles. The summed E-state index contributed by atoms with van der Waals surface area (Å²) in [6, 6.07) is 5.97. The maximum Gasteiger partial charge on any atom is 0.269 e. The molecular weight excluding hydrogens is 302 g/mol. The first kappa shape index (κ1) is 16.1. The smallest absolute Gasteiger partial charge is 0.269 e. The van der Waals surface area contributed by atoms with Gasteiger partial charge in [0, 0.05) is 17.5 Å². The van der Waals surface area contributed by atoms with Gasteiger partial charge in [-0.2, -0.15) is 5.10 Å². The Kier molecular flexibility index (Phi) is 4.55. The predicted octanol–water partition coefficient (Wildman–Crippen LogP) is 2.76. The number of fused-ring (bicyclic) bond motifs is 1. The van der Waals surface area contributed by atoms with Crippen molar-refractivity contribution in [3.05, 3.63) is 57.3 Å². The average Bonchev–Trinajstić information content (AvgIpc) is 2.60. The topological polar surface area (TPSA) is 83.6 Å². The molecule has 2 aromatic heterocycles. The number of nitrogens with one attached hydrogen (secondary N) is 2. The zero-order valence-electron chi connectivity index (χ0n) is 14.2. The molecule has 3 rings (SSSR count). The predicted molar refractivity (Wildman–Crippen MR) is 95.2 cm³/mol. The van der Waals surface area contributed by atoms with E-state index in [9.17, 15) is 4.79 Å². The van der Waals surface area contributed by atoms with Crippen LogP contribution in [0.2, 0.25) is 0 Å². The first-order chi connectivity index (χ1) is 11.7. The largest absolute Gasteiger partial charge is 0.365 e. The van der Waals surface area contributed by atoms with Crippen LogP contribution < -0.4 is 10.9 Å². The summed E-state index contributed by atoms with van der Waals surface area (Å²) in [5.74, 6) is 0.745. The number of aromatic amines is 1. The van der Waals surface area contributed by atoms with E-state index in [1.165, 1.54) is 0 Å². The summed E-state index contributed by atoms with van der Waals surface area (Å²) in [6.45, 7) is 6.53. The molecule has 0 atom stereocenters. The summed E-state index contributed by atoms with van der Waals surface area (Å²) in [4.78, 5) is 20.9. The van der Waals surface area contributed by atoms with Crippen LogP contribution in [0, 0.1) is 6.92 Å². The van der Waals surface area contributed by atoms with Gasteiger partial charge in [0.15, 0.2) is 0 Å². The van der Waals surface area contributed by atoms with Crippen molar-refractivity contribution in [2.75, 3.05) is 5.32 Å². The number of anilines is 1.